The van der Waals surface area contributed by atoms with Gasteiger partial charge in [-0.2, -0.15) is 10.2 Å². The zero-order chi connectivity index (χ0) is 25.0. The highest BCUT2D eigenvalue weighted by molar-refractivity contribution is 5.87. The van der Waals surface area contributed by atoms with E-state index in [4.69, 9.17) is 20.9 Å². The topological polar surface area (TPSA) is 172 Å². The van der Waals surface area contributed by atoms with E-state index in [9.17, 15) is 10.2 Å². The number of aliphatic hydroxyl groups excluding tert-OH is 2. The number of hydrogen-bond acceptors (Lipinski definition) is 10. The van der Waals surface area contributed by atoms with Gasteiger partial charge in [0.2, 0.25) is 0 Å². The molecule has 1 aliphatic rings. The van der Waals surface area contributed by atoms with Crippen molar-refractivity contribution in [3.8, 4) is 17.0 Å². The minimum atomic E-state index is -1.22. The lowest BCUT2D eigenvalue weighted by molar-refractivity contribution is -0.0187. The number of aromatic nitrogens is 6. The second kappa shape index (κ2) is 8.45. The molecule has 0 aliphatic carbocycles. The first-order valence-corrected chi connectivity index (χ1v) is 11.3. The Balaban J connectivity index is 1.28. The zero-order valence-electron chi connectivity index (χ0n) is 19.3. The molecule has 0 spiro atoms. The average molecular weight is 489 g/mol. The summed E-state index contributed by atoms with van der Waals surface area (Å²) in [7, 11) is 1.81. The summed E-state index contributed by atoms with van der Waals surface area (Å²) in [5.41, 5.74) is 15.1. The highest BCUT2D eigenvalue weighted by atomic mass is 16.6. The Morgan fingerprint density at radius 2 is 1.92 bits per heavy atom. The maximum absolute atomic E-state index is 10.9. The molecule has 36 heavy (non-hydrogen) atoms. The van der Waals surface area contributed by atoms with Crippen LogP contribution in [0.15, 0.2) is 55.0 Å². The van der Waals surface area contributed by atoms with Crippen molar-refractivity contribution < 1.29 is 19.7 Å². The van der Waals surface area contributed by atoms with E-state index in [2.05, 4.69) is 20.2 Å². The second-order valence-corrected chi connectivity index (χ2v) is 8.74. The summed E-state index contributed by atoms with van der Waals surface area (Å²) < 4.78 is 15.2. The molecule has 0 radical (unpaired) electrons. The van der Waals surface area contributed by atoms with Crippen LogP contribution >= 0.6 is 0 Å². The van der Waals surface area contributed by atoms with Crippen molar-refractivity contribution in [2.45, 2.75) is 24.4 Å². The van der Waals surface area contributed by atoms with E-state index in [-0.39, 0.29) is 12.4 Å². The Hall–Kier alpha value is -4.26. The van der Waals surface area contributed by atoms with E-state index in [0.717, 1.165) is 5.39 Å². The Bertz CT molecular complexity index is 1580. The van der Waals surface area contributed by atoms with E-state index in [1.165, 1.54) is 6.33 Å². The third kappa shape index (κ3) is 3.68. The normalized spacial score (nSPS) is 22.0. The minimum absolute atomic E-state index is 0.01000. The van der Waals surface area contributed by atoms with Gasteiger partial charge in [-0.15, -0.1) is 0 Å². The third-order valence-corrected chi connectivity index (χ3v) is 6.35. The Morgan fingerprint density at radius 1 is 1.08 bits per heavy atom. The van der Waals surface area contributed by atoms with Gasteiger partial charge in [0.1, 0.15) is 54.4 Å². The van der Waals surface area contributed by atoms with Gasteiger partial charge in [0.15, 0.2) is 5.82 Å². The van der Waals surface area contributed by atoms with Crippen molar-refractivity contribution in [1.29, 1.82) is 0 Å². The smallest absolute Gasteiger partial charge is 0.152 e. The molecule has 0 unspecified atom stereocenters. The Morgan fingerprint density at radius 3 is 2.72 bits per heavy atom. The fraction of sp³-hybridized carbons (Fsp3) is 0.250. The van der Waals surface area contributed by atoms with Crippen molar-refractivity contribution in [3.63, 3.8) is 0 Å². The number of pyridine rings is 1. The summed E-state index contributed by atoms with van der Waals surface area (Å²) in [6.45, 7) is 0.01000. The maximum atomic E-state index is 10.9. The van der Waals surface area contributed by atoms with Crippen molar-refractivity contribution in [2.75, 3.05) is 18.1 Å². The first-order valence-electron chi connectivity index (χ1n) is 11.3. The molecule has 0 bridgehead atoms. The van der Waals surface area contributed by atoms with E-state index < -0.39 is 24.4 Å². The van der Waals surface area contributed by atoms with Crippen LogP contribution in [0, 0.1) is 0 Å². The SMILES string of the molecule is Cn1ccc(-c2cc([C@@H]3O[C@H](COc4ccc5ccc(N)nc5c4)[C@@H](O)[C@H]3O)n3ncnc(N)c23)n1. The molecule has 4 atom stereocenters. The molecular formula is C24H24N8O4. The van der Waals surface area contributed by atoms with Crippen LogP contribution in [0.25, 0.3) is 27.7 Å². The van der Waals surface area contributed by atoms with Crippen LogP contribution in [0.4, 0.5) is 11.6 Å². The number of fused-ring (bicyclic) bond motifs is 2. The standard InChI is InChI=1S/C24H24N8O4/c1-31-7-6-15(30-31)14-9-17(32-20(14)24(26)27-11-28-32)23-22(34)21(33)18(36-23)10-35-13-4-2-12-3-5-19(25)29-16(12)8-13/h2-9,11,18,21-23,33-34H,10H2,1H3,(H2,25,29)(H2,26,27,28)/t18-,21-,22-,23+/m1/s1. The molecule has 4 aromatic heterocycles. The second-order valence-electron chi connectivity index (χ2n) is 8.74. The third-order valence-electron chi connectivity index (χ3n) is 6.35. The number of rotatable bonds is 5. The lowest BCUT2D eigenvalue weighted by atomic mass is 10.1. The minimum Gasteiger partial charge on any atom is -0.491 e. The van der Waals surface area contributed by atoms with Crippen LogP contribution in [0.1, 0.15) is 11.8 Å². The van der Waals surface area contributed by atoms with Gasteiger partial charge in [0.25, 0.3) is 0 Å². The van der Waals surface area contributed by atoms with Gasteiger partial charge in [-0.05, 0) is 36.4 Å². The van der Waals surface area contributed by atoms with Crippen molar-refractivity contribution >= 4 is 28.1 Å². The lowest BCUT2D eigenvalue weighted by Gasteiger charge is -2.16. The quantitative estimate of drug-likeness (QED) is 0.280. The molecule has 1 saturated heterocycles. The molecule has 6 rings (SSSR count). The number of benzene rings is 1. The van der Waals surface area contributed by atoms with Gasteiger partial charge < -0.3 is 31.2 Å². The molecule has 1 aromatic carbocycles. The van der Waals surface area contributed by atoms with Crippen LogP contribution in [0.2, 0.25) is 0 Å². The molecule has 0 amide bonds. The molecule has 12 heteroatoms. The van der Waals surface area contributed by atoms with Gasteiger partial charge in [0, 0.05) is 30.3 Å². The number of nitrogens with two attached hydrogens (primary N) is 2. The Labute approximate surface area is 204 Å². The van der Waals surface area contributed by atoms with Crippen LogP contribution < -0.4 is 16.2 Å². The van der Waals surface area contributed by atoms with Crippen LogP contribution in [0.3, 0.4) is 0 Å². The molecular weight excluding hydrogens is 464 g/mol. The monoisotopic (exact) mass is 488 g/mol. The van der Waals surface area contributed by atoms with Gasteiger partial charge in [-0.25, -0.2) is 14.5 Å². The van der Waals surface area contributed by atoms with Gasteiger partial charge in [-0.3, -0.25) is 4.68 Å². The van der Waals surface area contributed by atoms with Crippen molar-refractivity contribution in [2.24, 2.45) is 7.05 Å². The molecule has 5 heterocycles. The van der Waals surface area contributed by atoms with Gasteiger partial charge in [-0.1, -0.05) is 0 Å². The van der Waals surface area contributed by atoms with E-state index in [0.29, 0.717) is 39.6 Å². The van der Waals surface area contributed by atoms with Gasteiger partial charge >= 0.3 is 0 Å². The first-order chi connectivity index (χ1) is 17.4. The largest absolute Gasteiger partial charge is 0.491 e. The first kappa shape index (κ1) is 22.2. The predicted molar refractivity (Wildman–Crippen MR) is 131 cm³/mol. The fourth-order valence-electron chi connectivity index (χ4n) is 4.56. The molecule has 6 N–H and O–H groups in total. The van der Waals surface area contributed by atoms with E-state index in [1.807, 2.05) is 31.4 Å². The van der Waals surface area contributed by atoms with Gasteiger partial charge in [0.05, 0.1) is 16.9 Å². The maximum Gasteiger partial charge on any atom is 0.152 e. The van der Waals surface area contributed by atoms with Crippen LogP contribution in [-0.2, 0) is 11.8 Å². The number of aliphatic hydroxyl groups is 2. The number of nitrogens with zero attached hydrogens (tertiary/aromatic N) is 6. The average Bonchev–Trinajstić information content (AvgIpc) is 3.54. The van der Waals surface area contributed by atoms with Crippen molar-refractivity contribution in [3.05, 3.63) is 60.7 Å². The number of nitrogen functional groups attached to an aromatic ring is 2. The summed E-state index contributed by atoms with van der Waals surface area (Å²) in [4.78, 5) is 8.41. The number of hydrogen-bond donors (Lipinski definition) is 4. The van der Waals surface area contributed by atoms with E-state index >= 15 is 0 Å². The molecule has 184 valence electrons. The summed E-state index contributed by atoms with van der Waals surface area (Å²) in [5, 5.41) is 31.4. The highest BCUT2D eigenvalue weighted by Crippen LogP contribution is 2.38. The predicted octanol–water partition coefficient (Wildman–Crippen LogP) is 1.08. The zero-order valence-corrected chi connectivity index (χ0v) is 19.3. The van der Waals surface area contributed by atoms with Crippen LogP contribution in [-0.4, -0.2) is 64.5 Å². The van der Waals surface area contributed by atoms with E-state index in [1.54, 1.807) is 33.5 Å². The molecule has 0 saturated carbocycles. The molecule has 5 aromatic rings. The highest BCUT2D eigenvalue weighted by Gasteiger charge is 2.45. The molecule has 1 fully saturated rings. The summed E-state index contributed by atoms with van der Waals surface area (Å²) >= 11 is 0. The molecule has 12 nitrogen and oxygen atoms in total. The lowest BCUT2D eigenvalue weighted by Crippen LogP contribution is -2.34. The Kier molecular flexibility index (Phi) is 5.21. The fourth-order valence-corrected chi connectivity index (χ4v) is 4.56. The summed E-state index contributed by atoms with van der Waals surface area (Å²) in [6.07, 6.45) is -0.946. The van der Waals surface area contributed by atoms with Crippen LogP contribution in [0.5, 0.6) is 5.75 Å². The summed E-state index contributed by atoms with van der Waals surface area (Å²) in [5.74, 6) is 1.21. The number of ether oxygens (including phenoxy) is 2. The number of aryl methyl sites for hydroxylation is 1. The number of anilines is 2. The van der Waals surface area contributed by atoms with Crippen molar-refractivity contribution in [1.82, 2.24) is 29.4 Å². The summed E-state index contributed by atoms with van der Waals surface area (Å²) in [6, 6.07) is 12.7. The molecule has 1 aliphatic heterocycles.